The minimum absolute atomic E-state index is 0.407. The molecule has 0 radical (unpaired) electrons. The Kier molecular flexibility index (Phi) is 5.75. The molecule has 0 spiro atoms. The van der Waals surface area contributed by atoms with Crippen molar-refractivity contribution < 1.29 is 4.52 Å². The van der Waals surface area contributed by atoms with Gasteiger partial charge in [0.2, 0.25) is 5.89 Å². The number of guanidine groups is 1. The standard InChI is InChI=1S/C17H23ClN6O/c1-3-19-17(20-12-16-21-13(2)25-22-16)24-10-8-23(9-11-24)15-7-5-4-6-14(15)18/h4-7H,3,8-12H2,1-2H3,(H,19,20). The van der Waals surface area contributed by atoms with Gasteiger partial charge in [0.15, 0.2) is 11.8 Å². The SMILES string of the molecule is CCNC(=NCc1noc(C)n1)N1CCN(c2ccccc2Cl)CC1. The number of nitrogens with zero attached hydrogens (tertiary/aromatic N) is 5. The Labute approximate surface area is 152 Å². The van der Waals surface area contributed by atoms with Crippen LogP contribution in [0.1, 0.15) is 18.6 Å². The summed E-state index contributed by atoms with van der Waals surface area (Å²) in [6.07, 6.45) is 0. The molecule has 1 saturated heterocycles. The Balaban J connectivity index is 1.63. The van der Waals surface area contributed by atoms with Gasteiger partial charge in [-0.3, -0.25) is 0 Å². The third-order valence-electron chi connectivity index (χ3n) is 4.05. The first-order chi connectivity index (χ1) is 12.2. The number of aliphatic imine (C=N–C) groups is 1. The van der Waals surface area contributed by atoms with Crippen LogP contribution in [0.25, 0.3) is 0 Å². The number of nitrogens with one attached hydrogen (secondary N) is 1. The smallest absolute Gasteiger partial charge is 0.223 e. The van der Waals surface area contributed by atoms with Crippen molar-refractivity contribution in [3.8, 4) is 0 Å². The van der Waals surface area contributed by atoms with E-state index in [-0.39, 0.29) is 0 Å². The molecule has 1 aromatic carbocycles. The number of anilines is 1. The van der Waals surface area contributed by atoms with E-state index in [0.717, 1.165) is 49.4 Å². The van der Waals surface area contributed by atoms with Crippen molar-refractivity contribution in [2.75, 3.05) is 37.6 Å². The molecule has 8 heteroatoms. The lowest BCUT2D eigenvalue weighted by molar-refractivity contribution is 0.371. The number of para-hydroxylation sites is 1. The number of hydrogen-bond donors (Lipinski definition) is 1. The zero-order chi connectivity index (χ0) is 17.6. The van der Waals surface area contributed by atoms with Crippen LogP contribution in [0, 0.1) is 6.92 Å². The average Bonchev–Trinajstić information content (AvgIpc) is 3.05. The van der Waals surface area contributed by atoms with Crippen molar-refractivity contribution in [3.05, 3.63) is 41.0 Å². The van der Waals surface area contributed by atoms with E-state index in [4.69, 9.17) is 16.1 Å². The third-order valence-corrected chi connectivity index (χ3v) is 4.37. The average molecular weight is 363 g/mol. The maximum atomic E-state index is 6.31. The number of piperazine rings is 1. The van der Waals surface area contributed by atoms with Crippen LogP contribution >= 0.6 is 11.6 Å². The molecule has 3 rings (SSSR count). The lowest BCUT2D eigenvalue weighted by atomic mass is 10.2. The molecular weight excluding hydrogens is 340 g/mol. The van der Waals surface area contributed by atoms with Crippen LogP contribution in [-0.4, -0.2) is 53.7 Å². The maximum Gasteiger partial charge on any atom is 0.223 e. The summed E-state index contributed by atoms with van der Waals surface area (Å²) in [5.74, 6) is 2.04. The summed E-state index contributed by atoms with van der Waals surface area (Å²) in [6.45, 7) is 8.61. The van der Waals surface area contributed by atoms with E-state index >= 15 is 0 Å². The van der Waals surface area contributed by atoms with Gasteiger partial charge in [-0.2, -0.15) is 4.98 Å². The van der Waals surface area contributed by atoms with E-state index in [9.17, 15) is 0 Å². The summed E-state index contributed by atoms with van der Waals surface area (Å²) in [6, 6.07) is 7.97. The quantitative estimate of drug-likeness (QED) is 0.665. The highest BCUT2D eigenvalue weighted by Gasteiger charge is 2.21. The molecule has 1 aliphatic heterocycles. The van der Waals surface area contributed by atoms with E-state index in [1.807, 2.05) is 18.2 Å². The minimum atomic E-state index is 0.407. The van der Waals surface area contributed by atoms with E-state index in [1.165, 1.54) is 0 Å². The van der Waals surface area contributed by atoms with Crippen molar-refractivity contribution in [2.24, 2.45) is 4.99 Å². The maximum absolute atomic E-state index is 6.31. The van der Waals surface area contributed by atoms with E-state index in [1.54, 1.807) is 6.92 Å². The normalized spacial score (nSPS) is 15.6. The Bertz CT molecular complexity index is 723. The molecule has 0 aliphatic carbocycles. The molecule has 7 nitrogen and oxygen atoms in total. The molecule has 2 aromatic rings. The van der Waals surface area contributed by atoms with Gasteiger partial charge in [-0.15, -0.1) is 0 Å². The molecule has 1 fully saturated rings. The Morgan fingerprint density at radius 1 is 1.28 bits per heavy atom. The topological polar surface area (TPSA) is 69.8 Å². The number of aryl methyl sites for hydroxylation is 1. The molecular formula is C17H23ClN6O. The first kappa shape index (κ1) is 17.5. The second-order valence-corrected chi connectivity index (χ2v) is 6.23. The summed E-state index contributed by atoms with van der Waals surface area (Å²) >= 11 is 6.31. The van der Waals surface area contributed by atoms with Gasteiger partial charge < -0.3 is 19.6 Å². The largest absolute Gasteiger partial charge is 0.367 e. The highest BCUT2D eigenvalue weighted by atomic mass is 35.5. The van der Waals surface area contributed by atoms with Gasteiger partial charge in [-0.25, -0.2) is 4.99 Å². The van der Waals surface area contributed by atoms with Gasteiger partial charge in [0, 0.05) is 39.6 Å². The monoisotopic (exact) mass is 362 g/mol. The fourth-order valence-corrected chi connectivity index (χ4v) is 3.10. The fourth-order valence-electron chi connectivity index (χ4n) is 2.84. The molecule has 1 N–H and O–H groups in total. The Morgan fingerprint density at radius 2 is 2.04 bits per heavy atom. The molecule has 0 bridgehead atoms. The molecule has 0 unspecified atom stereocenters. The molecule has 25 heavy (non-hydrogen) atoms. The molecule has 2 heterocycles. The first-order valence-corrected chi connectivity index (χ1v) is 8.87. The lowest BCUT2D eigenvalue weighted by Crippen LogP contribution is -2.52. The van der Waals surface area contributed by atoms with Crippen molar-refractivity contribution in [1.82, 2.24) is 20.4 Å². The van der Waals surface area contributed by atoms with Crippen LogP contribution in [0.2, 0.25) is 5.02 Å². The van der Waals surface area contributed by atoms with E-state index in [0.29, 0.717) is 18.3 Å². The zero-order valence-corrected chi connectivity index (χ0v) is 15.3. The van der Waals surface area contributed by atoms with Gasteiger partial charge >= 0.3 is 0 Å². The van der Waals surface area contributed by atoms with Gasteiger partial charge in [0.05, 0.1) is 10.7 Å². The summed E-state index contributed by atoms with van der Waals surface area (Å²) in [7, 11) is 0. The van der Waals surface area contributed by atoms with Crippen LogP contribution in [-0.2, 0) is 6.54 Å². The number of aromatic nitrogens is 2. The van der Waals surface area contributed by atoms with E-state index in [2.05, 4.69) is 43.2 Å². The summed E-state index contributed by atoms with van der Waals surface area (Å²) in [4.78, 5) is 13.4. The van der Waals surface area contributed by atoms with Gasteiger partial charge in [-0.05, 0) is 19.1 Å². The number of benzene rings is 1. The molecule has 134 valence electrons. The first-order valence-electron chi connectivity index (χ1n) is 8.49. The summed E-state index contributed by atoms with van der Waals surface area (Å²) in [5, 5.41) is 8.03. The number of hydrogen-bond acceptors (Lipinski definition) is 5. The highest BCUT2D eigenvalue weighted by Crippen LogP contribution is 2.26. The Morgan fingerprint density at radius 3 is 2.68 bits per heavy atom. The molecule has 1 aromatic heterocycles. The predicted molar refractivity (Wildman–Crippen MR) is 99.1 cm³/mol. The third kappa shape index (κ3) is 4.42. The summed E-state index contributed by atoms with van der Waals surface area (Å²) in [5.41, 5.74) is 1.09. The zero-order valence-electron chi connectivity index (χ0n) is 14.6. The molecule has 0 amide bonds. The van der Waals surface area contributed by atoms with E-state index < -0.39 is 0 Å². The second kappa shape index (κ2) is 8.20. The van der Waals surface area contributed by atoms with Gasteiger partial charge in [-0.1, -0.05) is 28.9 Å². The van der Waals surface area contributed by atoms with Crippen molar-refractivity contribution in [3.63, 3.8) is 0 Å². The predicted octanol–water partition coefficient (Wildman–Crippen LogP) is 2.32. The molecule has 1 aliphatic rings. The lowest BCUT2D eigenvalue weighted by Gasteiger charge is -2.38. The van der Waals surface area contributed by atoms with Crippen LogP contribution in [0.3, 0.4) is 0 Å². The highest BCUT2D eigenvalue weighted by molar-refractivity contribution is 6.33. The fraction of sp³-hybridized carbons (Fsp3) is 0.471. The summed E-state index contributed by atoms with van der Waals surface area (Å²) < 4.78 is 4.99. The van der Waals surface area contributed by atoms with Crippen LogP contribution in [0.4, 0.5) is 5.69 Å². The van der Waals surface area contributed by atoms with Gasteiger partial charge in [0.1, 0.15) is 6.54 Å². The van der Waals surface area contributed by atoms with Crippen molar-refractivity contribution >= 4 is 23.2 Å². The molecule has 0 saturated carbocycles. The molecule has 0 atom stereocenters. The van der Waals surface area contributed by atoms with Gasteiger partial charge in [0.25, 0.3) is 0 Å². The van der Waals surface area contributed by atoms with Crippen molar-refractivity contribution in [1.29, 1.82) is 0 Å². The second-order valence-electron chi connectivity index (χ2n) is 5.83. The van der Waals surface area contributed by atoms with Crippen LogP contribution in [0.5, 0.6) is 0 Å². The Hall–Kier alpha value is -2.28. The number of rotatable bonds is 4. The van der Waals surface area contributed by atoms with Crippen LogP contribution < -0.4 is 10.2 Å². The van der Waals surface area contributed by atoms with Crippen molar-refractivity contribution in [2.45, 2.75) is 20.4 Å². The minimum Gasteiger partial charge on any atom is -0.367 e. The number of halogens is 1. The van der Waals surface area contributed by atoms with Crippen LogP contribution in [0.15, 0.2) is 33.8 Å².